The van der Waals surface area contributed by atoms with Crippen LogP contribution in [0.5, 0.6) is 5.75 Å². The van der Waals surface area contributed by atoms with Gasteiger partial charge in [-0.25, -0.2) is 0 Å². The molecule has 2 heteroatoms. The molecule has 2 aromatic carbocycles. The number of para-hydroxylation sites is 1. The van der Waals surface area contributed by atoms with Gasteiger partial charge in [-0.2, -0.15) is 0 Å². The third-order valence-corrected chi connectivity index (χ3v) is 4.50. The van der Waals surface area contributed by atoms with Gasteiger partial charge in [-0.05, 0) is 48.6 Å². The first-order chi connectivity index (χ1) is 10.6. The standard InChI is InChI=1S/C20H25NO/c1-15(2)17-8-10-19(11-9-17)22-13-12-21-16(3)14-18-6-4-5-7-20(18)21/h4-11,15-16H,12-14H2,1-3H3. The predicted octanol–water partition coefficient (Wildman–Crippen LogP) is 4.64. The number of fused-ring (bicyclic) bond motifs is 1. The molecule has 1 heterocycles. The molecule has 0 bridgehead atoms. The van der Waals surface area contributed by atoms with Crippen LogP contribution in [0.15, 0.2) is 48.5 Å². The third-order valence-electron chi connectivity index (χ3n) is 4.50. The minimum absolute atomic E-state index is 0.560. The molecule has 1 unspecified atom stereocenters. The van der Waals surface area contributed by atoms with Crippen LogP contribution in [0.2, 0.25) is 0 Å². The highest BCUT2D eigenvalue weighted by molar-refractivity contribution is 5.59. The highest BCUT2D eigenvalue weighted by Gasteiger charge is 2.24. The van der Waals surface area contributed by atoms with Crippen molar-refractivity contribution in [3.8, 4) is 5.75 Å². The van der Waals surface area contributed by atoms with E-state index in [4.69, 9.17) is 4.74 Å². The minimum atomic E-state index is 0.560. The second-order valence-corrected chi connectivity index (χ2v) is 6.45. The third kappa shape index (κ3) is 3.11. The molecule has 0 spiro atoms. The second kappa shape index (κ2) is 6.43. The molecular formula is C20H25NO. The first-order valence-electron chi connectivity index (χ1n) is 8.22. The summed E-state index contributed by atoms with van der Waals surface area (Å²) >= 11 is 0. The Morgan fingerprint density at radius 2 is 1.82 bits per heavy atom. The molecule has 0 aromatic heterocycles. The summed E-state index contributed by atoms with van der Waals surface area (Å²) in [5, 5.41) is 0. The van der Waals surface area contributed by atoms with Gasteiger partial charge in [0.2, 0.25) is 0 Å². The van der Waals surface area contributed by atoms with Crippen LogP contribution >= 0.6 is 0 Å². The Balaban J connectivity index is 1.57. The van der Waals surface area contributed by atoms with Gasteiger partial charge in [-0.1, -0.05) is 44.2 Å². The van der Waals surface area contributed by atoms with Gasteiger partial charge in [-0.3, -0.25) is 0 Å². The van der Waals surface area contributed by atoms with E-state index in [9.17, 15) is 0 Å². The smallest absolute Gasteiger partial charge is 0.119 e. The van der Waals surface area contributed by atoms with Crippen LogP contribution < -0.4 is 9.64 Å². The molecule has 0 saturated carbocycles. The van der Waals surface area contributed by atoms with Gasteiger partial charge in [0.05, 0.1) is 6.54 Å². The average molecular weight is 295 g/mol. The topological polar surface area (TPSA) is 12.5 Å². The lowest BCUT2D eigenvalue weighted by molar-refractivity contribution is 0.321. The fourth-order valence-electron chi connectivity index (χ4n) is 3.18. The fraction of sp³-hybridized carbons (Fsp3) is 0.400. The lowest BCUT2D eigenvalue weighted by atomic mass is 10.0. The Bertz CT molecular complexity index is 618. The number of nitrogens with zero attached hydrogens (tertiary/aromatic N) is 1. The van der Waals surface area contributed by atoms with Crippen LogP contribution in [0.3, 0.4) is 0 Å². The lowest BCUT2D eigenvalue weighted by Crippen LogP contribution is -2.33. The molecule has 1 aliphatic heterocycles. The number of anilines is 1. The molecule has 0 amide bonds. The molecule has 0 fully saturated rings. The van der Waals surface area contributed by atoms with Crippen molar-refractivity contribution in [2.24, 2.45) is 0 Å². The van der Waals surface area contributed by atoms with Gasteiger partial charge in [0, 0.05) is 11.7 Å². The molecule has 0 radical (unpaired) electrons. The van der Waals surface area contributed by atoms with Crippen molar-refractivity contribution >= 4 is 5.69 Å². The van der Waals surface area contributed by atoms with Crippen molar-refractivity contribution in [3.05, 3.63) is 59.7 Å². The molecule has 0 N–H and O–H groups in total. The van der Waals surface area contributed by atoms with Gasteiger partial charge in [0.15, 0.2) is 0 Å². The zero-order valence-corrected chi connectivity index (χ0v) is 13.8. The molecule has 116 valence electrons. The van der Waals surface area contributed by atoms with Crippen molar-refractivity contribution in [2.45, 2.75) is 39.2 Å². The molecule has 3 rings (SSSR count). The number of hydrogen-bond acceptors (Lipinski definition) is 2. The average Bonchev–Trinajstić information content (AvgIpc) is 2.84. The van der Waals surface area contributed by atoms with Crippen LogP contribution in [-0.4, -0.2) is 19.2 Å². The molecule has 0 aliphatic carbocycles. The van der Waals surface area contributed by atoms with E-state index in [1.165, 1.54) is 16.8 Å². The lowest BCUT2D eigenvalue weighted by Gasteiger charge is -2.24. The fourth-order valence-corrected chi connectivity index (χ4v) is 3.18. The van der Waals surface area contributed by atoms with E-state index in [1.54, 1.807) is 0 Å². The Hall–Kier alpha value is -1.96. The molecule has 1 aliphatic rings. The van der Waals surface area contributed by atoms with Gasteiger partial charge in [-0.15, -0.1) is 0 Å². The van der Waals surface area contributed by atoms with Crippen LogP contribution in [0, 0.1) is 0 Å². The van der Waals surface area contributed by atoms with E-state index >= 15 is 0 Å². The summed E-state index contributed by atoms with van der Waals surface area (Å²) < 4.78 is 5.92. The molecule has 1 atom stereocenters. The van der Waals surface area contributed by atoms with Crippen molar-refractivity contribution in [2.75, 3.05) is 18.1 Å². The summed E-state index contributed by atoms with van der Waals surface area (Å²) in [4.78, 5) is 2.46. The quantitative estimate of drug-likeness (QED) is 0.796. The van der Waals surface area contributed by atoms with Crippen LogP contribution in [0.25, 0.3) is 0 Å². The number of ether oxygens (including phenoxy) is 1. The van der Waals surface area contributed by atoms with Gasteiger partial charge in [0.1, 0.15) is 12.4 Å². The Morgan fingerprint density at radius 3 is 2.55 bits per heavy atom. The highest BCUT2D eigenvalue weighted by atomic mass is 16.5. The van der Waals surface area contributed by atoms with Crippen LogP contribution in [-0.2, 0) is 6.42 Å². The van der Waals surface area contributed by atoms with Crippen LogP contribution in [0.4, 0.5) is 5.69 Å². The maximum Gasteiger partial charge on any atom is 0.119 e. The van der Waals surface area contributed by atoms with E-state index in [2.05, 4.69) is 74.2 Å². The predicted molar refractivity (Wildman–Crippen MR) is 93.0 cm³/mol. The monoisotopic (exact) mass is 295 g/mol. The van der Waals surface area contributed by atoms with E-state index in [-0.39, 0.29) is 0 Å². The summed E-state index contributed by atoms with van der Waals surface area (Å²) in [6.07, 6.45) is 1.14. The van der Waals surface area contributed by atoms with Crippen molar-refractivity contribution in [1.29, 1.82) is 0 Å². The molecule has 22 heavy (non-hydrogen) atoms. The van der Waals surface area contributed by atoms with Gasteiger partial charge in [0.25, 0.3) is 0 Å². The summed E-state index contributed by atoms with van der Waals surface area (Å²) in [6.45, 7) is 8.37. The first-order valence-corrected chi connectivity index (χ1v) is 8.22. The Labute approximate surface area is 133 Å². The highest BCUT2D eigenvalue weighted by Crippen LogP contribution is 2.31. The van der Waals surface area contributed by atoms with Crippen molar-refractivity contribution < 1.29 is 4.74 Å². The van der Waals surface area contributed by atoms with Crippen molar-refractivity contribution in [3.63, 3.8) is 0 Å². The SMILES string of the molecule is CC(C)c1ccc(OCCN2c3ccccc3CC2C)cc1. The Kier molecular flexibility index (Phi) is 4.37. The summed E-state index contributed by atoms with van der Waals surface area (Å²) in [5.74, 6) is 1.53. The zero-order valence-electron chi connectivity index (χ0n) is 13.8. The molecule has 2 nitrogen and oxygen atoms in total. The number of hydrogen-bond donors (Lipinski definition) is 0. The minimum Gasteiger partial charge on any atom is -0.492 e. The summed E-state index contributed by atoms with van der Waals surface area (Å²) in [6, 6.07) is 17.7. The van der Waals surface area contributed by atoms with Crippen molar-refractivity contribution in [1.82, 2.24) is 0 Å². The normalized spacial score (nSPS) is 16.9. The summed E-state index contributed by atoms with van der Waals surface area (Å²) in [5.41, 5.74) is 4.18. The van der Waals surface area contributed by atoms with E-state index in [0.29, 0.717) is 12.0 Å². The summed E-state index contributed by atoms with van der Waals surface area (Å²) in [7, 11) is 0. The van der Waals surface area contributed by atoms with Gasteiger partial charge >= 0.3 is 0 Å². The first kappa shape index (κ1) is 15.0. The van der Waals surface area contributed by atoms with Crippen LogP contribution in [0.1, 0.15) is 37.8 Å². The maximum atomic E-state index is 5.92. The van der Waals surface area contributed by atoms with E-state index in [1.807, 2.05) is 0 Å². The number of rotatable bonds is 5. The van der Waals surface area contributed by atoms with E-state index < -0.39 is 0 Å². The number of benzene rings is 2. The molecule has 0 saturated heterocycles. The largest absolute Gasteiger partial charge is 0.492 e. The maximum absolute atomic E-state index is 5.92. The molecule has 2 aromatic rings. The second-order valence-electron chi connectivity index (χ2n) is 6.45. The Morgan fingerprint density at radius 1 is 1.09 bits per heavy atom. The van der Waals surface area contributed by atoms with E-state index in [0.717, 1.165) is 25.3 Å². The van der Waals surface area contributed by atoms with Gasteiger partial charge < -0.3 is 9.64 Å². The zero-order chi connectivity index (χ0) is 15.5. The molecular weight excluding hydrogens is 270 g/mol.